The smallest absolute Gasteiger partial charge is 0.260 e. The molecule has 3 nitrogen and oxygen atoms in total. The SMILES string of the molecule is Cc1cc(NC(=O)c2c(F)cccc2Cl)ccc1N. The van der Waals surface area contributed by atoms with E-state index in [-0.39, 0.29) is 10.6 Å². The highest BCUT2D eigenvalue weighted by Crippen LogP contribution is 2.22. The Kier molecular flexibility index (Phi) is 3.71. The molecule has 5 heteroatoms. The highest BCUT2D eigenvalue weighted by atomic mass is 35.5. The number of nitrogens with two attached hydrogens (primary N) is 1. The quantitative estimate of drug-likeness (QED) is 0.824. The predicted octanol–water partition coefficient (Wildman–Crippen LogP) is 3.62. The summed E-state index contributed by atoms with van der Waals surface area (Å²) in [6.07, 6.45) is 0. The lowest BCUT2D eigenvalue weighted by molar-refractivity contribution is 0.102. The summed E-state index contributed by atoms with van der Waals surface area (Å²) < 4.78 is 13.6. The third-order valence-corrected chi connectivity index (χ3v) is 3.03. The number of nitrogens with one attached hydrogen (secondary N) is 1. The number of aryl methyl sites for hydroxylation is 1. The van der Waals surface area contributed by atoms with Crippen LogP contribution < -0.4 is 11.1 Å². The molecule has 19 heavy (non-hydrogen) atoms. The van der Waals surface area contributed by atoms with Gasteiger partial charge in [0.2, 0.25) is 0 Å². The zero-order valence-electron chi connectivity index (χ0n) is 10.2. The predicted molar refractivity (Wildman–Crippen MR) is 75.0 cm³/mol. The molecule has 98 valence electrons. The van der Waals surface area contributed by atoms with Crippen molar-refractivity contribution in [3.63, 3.8) is 0 Å². The van der Waals surface area contributed by atoms with Gasteiger partial charge in [-0.25, -0.2) is 4.39 Å². The molecule has 0 radical (unpaired) electrons. The van der Waals surface area contributed by atoms with E-state index in [9.17, 15) is 9.18 Å². The van der Waals surface area contributed by atoms with Gasteiger partial charge in [0, 0.05) is 11.4 Å². The molecule has 3 N–H and O–H groups in total. The van der Waals surface area contributed by atoms with Gasteiger partial charge < -0.3 is 11.1 Å². The number of nitrogen functional groups attached to an aromatic ring is 1. The number of anilines is 2. The van der Waals surface area contributed by atoms with Gasteiger partial charge in [0.15, 0.2) is 0 Å². The van der Waals surface area contributed by atoms with Crippen LogP contribution in [-0.2, 0) is 0 Å². The average molecular weight is 279 g/mol. The first kappa shape index (κ1) is 13.4. The van der Waals surface area contributed by atoms with Gasteiger partial charge in [-0.1, -0.05) is 17.7 Å². The molecule has 2 rings (SSSR count). The lowest BCUT2D eigenvalue weighted by Gasteiger charge is -2.09. The highest BCUT2D eigenvalue weighted by molar-refractivity contribution is 6.34. The third kappa shape index (κ3) is 2.85. The Balaban J connectivity index is 2.28. The van der Waals surface area contributed by atoms with Crippen LogP contribution in [0.25, 0.3) is 0 Å². The van der Waals surface area contributed by atoms with Crippen LogP contribution in [0.15, 0.2) is 36.4 Å². The zero-order valence-corrected chi connectivity index (χ0v) is 11.0. The van der Waals surface area contributed by atoms with E-state index in [0.717, 1.165) is 5.56 Å². The van der Waals surface area contributed by atoms with Gasteiger partial charge in [-0.2, -0.15) is 0 Å². The van der Waals surface area contributed by atoms with Crippen LogP contribution >= 0.6 is 11.6 Å². The number of halogens is 2. The molecule has 0 aliphatic heterocycles. The lowest BCUT2D eigenvalue weighted by atomic mass is 10.1. The number of hydrogen-bond acceptors (Lipinski definition) is 2. The fourth-order valence-corrected chi connectivity index (χ4v) is 1.91. The monoisotopic (exact) mass is 278 g/mol. The van der Waals surface area contributed by atoms with Crippen molar-refractivity contribution in [1.82, 2.24) is 0 Å². The second-order valence-electron chi connectivity index (χ2n) is 4.12. The van der Waals surface area contributed by atoms with Crippen LogP contribution in [0, 0.1) is 12.7 Å². The van der Waals surface area contributed by atoms with Crippen molar-refractivity contribution in [2.45, 2.75) is 6.92 Å². The number of carbonyl (C=O) groups is 1. The lowest BCUT2D eigenvalue weighted by Crippen LogP contribution is -2.14. The molecule has 0 unspecified atom stereocenters. The first-order valence-electron chi connectivity index (χ1n) is 5.60. The average Bonchev–Trinajstić information content (AvgIpc) is 2.33. The molecule has 0 fully saturated rings. The van der Waals surface area contributed by atoms with Gasteiger partial charge in [-0.3, -0.25) is 4.79 Å². The Morgan fingerprint density at radius 1 is 1.32 bits per heavy atom. The summed E-state index contributed by atoms with van der Waals surface area (Å²) in [5.74, 6) is -1.25. The molecule has 2 aromatic rings. The van der Waals surface area contributed by atoms with E-state index in [0.29, 0.717) is 11.4 Å². The van der Waals surface area contributed by atoms with Crippen molar-refractivity contribution in [1.29, 1.82) is 0 Å². The topological polar surface area (TPSA) is 55.1 Å². The molecule has 0 saturated carbocycles. The van der Waals surface area contributed by atoms with Gasteiger partial charge in [0.1, 0.15) is 5.82 Å². The zero-order chi connectivity index (χ0) is 14.0. The maximum Gasteiger partial charge on any atom is 0.260 e. The first-order valence-corrected chi connectivity index (χ1v) is 5.98. The molecule has 0 heterocycles. The molecule has 1 amide bonds. The molecule has 0 aromatic heterocycles. The molecule has 0 spiro atoms. The maximum atomic E-state index is 13.6. The number of amides is 1. The Labute approximate surface area is 115 Å². The maximum absolute atomic E-state index is 13.6. The van der Waals surface area contributed by atoms with E-state index in [4.69, 9.17) is 17.3 Å². The molecule has 0 aliphatic carbocycles. The summed E-state index contributed by atoms with van der Waals surface area (Å²) in [6.45, 7) is 1.82. The van der Waals surface area contributed by atoms with Crippen molar-refractivity contribution in [2.75, 3.05) is 11.1 Å². The Morgan fingerprint density at radius 2 is 2.05 bits per heavy atom. The molecular formula is C14H12ClFN2O. The van der Waals surface area contributed by atoms with E-state index < -0.39 is 11.7 Å². The summed E-state index contributed by atoms with van der Waals surface area (Å²) in [5, 5.41) is 2.66. The van der Waals surface area contributed by atoms with Gasteiger partial charge in [0.05, 0.1) is 10.6 Å². The molecule has 0 bridgehead atoms. The van der Waals surface area contributed by atoms with E-state index >= 15 is 0 Å². The van der Waals surface area contributed by atoms with Crippen molar-refractivity contribution in [3.05, 3.63) is 58.4 Å². The fraction of sp³-hybridized carbons (Fsp3) is 0.0714. The van der Waals surface area contributed by atoms with Crippen LogP contribution in [0.2, 0.25) is 5.02 Å². The van der Waals surface area contributed by atoms with E-state index in [1.165, 1.54) is 18.2 Å². The van der Waals surface area contributed by atoms with Gasteiger partial charge >= 0.3 is 0 Å². The van der Waals surface area contributed by atoms with Gasteiger partial charge in [-0.05, 0) is 42.8 Å². The number of benzene rings is 2. The third-order valence-electron chi connectivity index (χ3n) is 2.72. The van der Waals surface area contributed by atoms with E-state index in [2.05, 4.69) is 5.32 Å². The summed E-state index contributed by atoms with van der Waals surface area (Å²) in [5.41, 5.74) is 7.51. The second-order valence-corrected chi connectivity index (χ2v) is 4.53. The molecular weight excluding hydrogens is 267 g/mol. The molecule has 0 atom stereocenters. The van der Waals surface area contributed by atoms with Gasteiger partial charge in [0.25, 0.3) is 5.91 Å². The fourth-order valence-electron chi connectivity index (χ4n) is 1.66. The highest BCUT2D eigenvalue weighted by Gasteiger charge is 2.15. The van der Waals surface area contributed by atoms with Crippen LogP contribution in [0.3, 0.4) is 0 Å². The normalized spacial score (nSPS) is 10.3. The number of rotatable bonds is 2. The van der Waals surface area contributed by atoms with E-state index in [1.807, 2.05) is 6.92 Å². The minimum Gasteiger partial charge on any atom is -0.399 e. The first-order chi connectivity index (χ1) is 8.99. The summed E-state index contributed by atoms with van der Waals surface area (Å²) in [4.78, 5) is 12.0. The van der Waals surface area contributed by atoms with Crippen molar-refractivity contribution in [2.24, 2.45) is 0 Å². The minimum atomic E-state index is -0.655. The van der Waals surface area contributed by atoms with Gasteiger partial charge in [-0.15, -0.1) is 0 Å². The van der Waals surface area contributed by atoms with Crippen LogP contribution in [-0.4, -0.2) is 5.91 Å². The summed E-state index contributed by atoms with van der Waals surface area (Å²) >= 11 is 5.83. The summed E-state index contributed by atoms with van der Waals surface area (Å²) in [7, 11) is 0. The van der Waals surface area contributed by atoms with Crippen molar-refractivity contribution < 1.29 is 9.18 Å². The standard InChI is InChI=1S/C14H12ClFN2O/c1-8-7-9(5-6-12(8)17)18-14(19)13-10(15)3-2-4-11(13)16/h2-7H,17H2,1H3,(H,18,19). The number of carbonyl (C=O) groups excluding carboxylic acids is 1. The van der Waals surface area contributed by atoms with Crippen LogP contribution in [0.4, 0.5) is 15.8 Å². The molecule has 0 aliphatic rings. The minimum absolute atomic E-state index is 0.0738. The Hall–Kier alpha value is -2.07. The summed E-state index contributed by atoms with van der Waals surface area (Å²) in [6, 6.07) is 9.13. The number of hydrogen-bond donors (Lipinski definition) is 2. The second kappa shape index (κ2) is 5.28. The largest absolute Gasteiger partial charge is 0.399 e. The molecule has 0 saturated heterocycles. The van der Waals surface area contributed by atoms with Crippen molar-refractivity contribution in [3.8, 4) is 0 Å². The Bertz CT molecular complexity index is 623. The van der Waals surface area contributed by atoms with E-state index in [1.54, 1.807) is 18.2 Å². The van der Waals surface area contributed by atoms with Crippen LogP contribution in [0.1, 0.15) is 15.9 Å². The van der Waals surface area contributed by atoms with Crippen molar-refractivity contribution >= 4 is 28.9 Å². The van der Waals surface area contributed by atoms with Crippen LogP contribution in [0.5, 0.6) is 0 Å². The Morgan fingerprint density at radius 3 is 2.68 bits per heavy atom. The molecule has 2 aromatic carbocycles.